The van der Waals surface area contributed by atoms with Crippen molar-refractivity contribution >= 4 is 0 Å². The standard InChI is InChI=1S/C3H5N3/c1-2-3-5-6-4/h2H,1,3H2. The second kappa shape index (κ2) is 4.31. The minimum atomic E-state index is 0.385. The summed E-state index contributed by atoms with van der Waals surface area (Å²) in [5.74, 6) is 0. The van der Waals surface area contributed by atoms with Crippen molar-refractivity contribution in [3.8, 4) is 0 Å². The van der Waals surface area contributed by atoms with Crippen LogP contribution in [0.5, 0.6) is 0 Å². The van der Waals surface area contributed by atoms with Crippen LogP contribution in [0.15, 0.2) is 5.11 Å². The van der Waals surface area contributed by atoms with Gasteiger partial charge in [-0.1, -0.05) is 5.11 Å². The summed E-state index contributed by atoms with van der Waals surface area (Å²) in [6, 6.07) is 0. The van der Waals surface area contributed by atoms with E-state index in [1.54, 1.807) is 6.42 Å². The molecule has 2 radical (unpaired) electrons. The molecule has 0 aromatic heterocycles. The Hall–Kier alpha value is -0.690. The molecule has 32 valence electrons. The van der Waals surface area contributed by atoms with Crippen LogP contribution in [-0.4, -0.2) is 6.54 Å². The highest BCUT2D eigenvalue weighted by Gasteiger charge is 1.66. The van der Waals surface area contributed by atoms with Gasteiger partial charge < -0.3 is 0 Å². The maximum absolute atomic E-state index is 7.61. The van der Waals surface area contributed by atoms with Crippen molar-refractivity contribution in [3.05, 3.63) is 23.8 Å². The molecule has 0 atom stereocenters. The van der Waals surface area contributed by atoms with Gasteiger partial charge in [0, 0.05) is 11.5 Å². The van der Waals surface area contributed by atoms with Gasteiger partial charge in [0.25, 0.3) is 0 Å². The Kier molecular flexibility index (Phi) is 3.81. The van der Waals surface area contributed by atoms with E-state index < -0.39 is 0 Å². The summed E-state index contributed by atoms with van der Waals surface area (Å²) in [5, 5.41) is 3.15. The van der Waals surface area contributed by atoms with Crippen molar-refractivity contribution in [1.82, 2.24) is 0 Å². The molecule has 3 nitrogen and oxygen atoms in total. The first-order valence-electron chi connectivity index (χ1n) is 1.53. The number of hydrogen-bond acceptors (Lipinski definition) is 1. The Morgan fingerprint density at radius 2 is 2.67 bits per heavy atom. The molecule has 0 N–H and O–H groups in total. The van der Waals surface area contributed by atoms with E-state index in [4.69, 9.17) is 5.53 Å². The van der Waals surface area contributed by atoms with Crippen molar-refractivity contribution in [2.45, 2.75) is 0 Å². The summed E-state index contributed by atoms with van der Waals surface area (Å²) in [6.45, 7) is 3.72. The van der Waals surface area contributed by atoms with Gasteiger partial charge in [-0.3, -0.25) is 0 Å². The van der Waals surface area contributed by atoms with Crippen LogP contribution in [0.4, 0.5) is 0 Å². The fourth-order valence-electron chi connectivity index (χ4n) is 0.0942. The van der Waals surface area contributed by atoms with Gasteiger partial charge in [0.2, 0.25) is 0 Å². The van der Waals surface area contributed by atoms with Crippen molar-refractivity contribution < 1.29 is 0 Å². The van der Waals surface area contributed by atoms with Gasteiger partial charge in [-0.15, -0.1) is 0 Å². The summed E-state index contributed by atoms with van der Waals surface area (Å²) in [6.07, 6.45) is 1.54. The topological polar surface area (TPSA) is 48.8 Å². The molecule has 0 spiro atoms. The van der Waals surface area contributed by atoms with Crippen LogP contribution in [0.3, 0.4) is 0 Å². The largest absolute Gasteiger partial charge is 0.0937 e. The van der Waals surface area contributed by atoms with Crippen LogP contribution < -0.4 is 0 Å². The zero-order valence-corrected chi connectivity index (χ0v) is 3.33. The zero-order valence-electron chi connectivity index (χ0n) is 3.33. The first-order chi connectivity index (χ1) is 2.91. The lowest BCUT2D eigenvalue weighted by molar-refractivity contribution is 1.15. The Balaban J connectivity index is 2.86. The van der Waals surface area contributed by atoms with Gasteiger partial charge in [0.1, 0.15) is 0 Å². The van der Waals surface area contributed by atoms with Gasteiger partial charge in [-0.25, -0.2) is 0 Å². The molecule has 0 saturated carbocycles. The Morgan fingerprint density at radius 1 is 2.00 bits per heavy atom. The average Bonchev–Trinajstić information content (AvgIpc) is 1.61. The molecule has 0 aromatic rings. The summed E-state index contributed by atoms with van der Waals surface area (Å²) in [7, 11) is 0. The minimum Gasteiger partial charge on any atom is -0.0937 e. The van der Waals surface area contributed by atoms with Crippen molar-refractivity contribution in [2.75, 3.05) is 6.54 Å². The SMILES string of the molecule is [CH2][CH]CN=[N+]=[N-]. The maximum Gasteiger partial charge on any atom is 0.0288 e. The molecule has 3 heteroatoms. The second-order valence-electron chi connectivity index (χ2n) is 0.702. The summed E-state index contributed by atoms with van der Waals surface area (Å²) < 4.78 is 0. The lowest BCUT2D eigenvalue weighted by Crippen LogP contribution is -1.68. The normalized spacial score (nSPS) is 6.83. The molecular formula is C3H5N3. The quantitative estimate of drug-likeness (QED) is 0.275. The molecule has 0 bridgehead atoms. The molecule has 0 aliphatic heterocycles. The number of rotatable bonds is 2. The molecule has 0 rings (SSSR count). The van der Waals surface area contributed by atoms with Gasteiger partial charge in [-0.05, 0) is 18.9 Å². The van der Waals surface area contributed by atoms with Crippen LogP contribution in [0, 0.1) is 13.3 Å². The number of hydrogen-bond donors (Lipinski definition) is 0. The van der Waals surface area contributed by atoms with E-state index in [0.29, 0.717) is 6.54 Å². The highest BCUT2D eigenvalue weighted by molar-refractivity contribution is 4.68. The van der Waals surface area contributed by atoms with Crippen LogP contribution in [0.1, 0.15) is 0 Å². The average molecular weight is 83.1 g/mol. The van der Waals surface area contributed by atoms with E-state index in [1.165, 1.54) is 0 Å². The summed E-state index contributed by atoms with van der Waals surface area (Å²) in [5.41, 5.74) is 7.61. The third-order valence-corrected chi connectivity index (χ3v) is 0.274. The molecule has 0 unspecified atom stereocenters. The highest BCUT2D eigenvalue weighted by Crippen LogP contribution is 1.72. The van der Waals surface area contributed by atoms with Gasteiger partial charge in [0.05, 0.1) is 0 Å². The first-order valence-corrected chi connectivity index (χ1v) is 1.53. The van der Waals surface area contributed by atoms with Gasteiger partial charge in [0.15, 0.2) is 0 Å². The van der Waals surface area contributed by atoms with E-state index in [9.17, 15) is 0 Å². The second-order valence-corrected chi connectivity index (χ2v) is 0.702. The third-order valence-electron chi connectivity index (χ3n) is 0.274. The summed E-state index contributed by atoms with van der Waals surface area (Å²) >= 11 is 0. The van der Waals surface area contributed by atoms with Crippen LogP contribution in [-0.2, 0) is 0 Å². The fourth-order valence-corrected chi connectivity index (χ4v) is 0.0942. The van der Waals surface area contributed by atoms with Crippen molar-refractivity contribution in [1.29, 1.82) is 0 Å². The van der Waals surface area contributed by atoms with Crippen molar-refractivity contribution in [3.63, 3.8) is 0 Å². The zero-order chi connectivity index (χ0) is 4.83. The summed E-state index contributed by atoms with van der Waals surface area (Å²) in [4.78, 5) is 2.48. The third kappa shape index (κ3) is 3.31. The van der Waals surface area contributed by atoms with E-state index in [-0.39, 0.29) is 0 Å². The molecule has 0 aromatic carbocycles. The predicted octanol–water partition coefficient (Wildman–Crippen LogP) is 1.34. The van der Waals surface area contributed by atoms with E-state index in [2.05, 4.69) is 16.9 Å². The van der Waals surface area contributed by atoms with Crippen LogP contribution in [0.25, 0.3) is 10.4 Å². The lowest BCUT2D eigenvalue weighted by Gasteiger charge is -1.70. The Labute approximate surface area is 36.6 Å². The minimum absolute atomic E-state index is 0.385. The molecule has 0 saturated heterocycles. The fraction of sp³-hybridized carbons (Fsp3) is 0.333. The van der Waals surface area contributed by atoms with E-state index in [0.717, 1.165) is 0 Å². The van der Waals surface area contributed by atoms with Gasteiger partial charge in [-0.2, -0.15) is 0 Å². The molecular weight excluding hydrogens is 78.1 g/mol. The molecule has 0 aliphatic rings. The Bertz CT molecular complexity index is 62.4. The monoisotopic (exact) mass is 83.0 g/mol. The maximum atomic E-state index is 7.61. The predicted molar refractivity (Wildman–Crippen MR) is 23.7 cm³/mol. The smallest absolute Gasteiger partial charge is 0.0288 e. The molecule has 0 amide bonds. The highest BCUT2D eigenvalue weighted by atomic mass is 15.1. The van der Waals surface area contributed by atoms with Crippen LogP contribution >= 0.6 is 0 Å². The molecule has 0 fully saturated rings. The van der Waals surface area contributed by atoms with Gasteiger partial charge >= 0.3 is 0 Å². The van der Waals surface area contributed by atoms with Crippen molar-refractivity contribution in [2.24, 2.45) is 5.11 Å². The molecule has 0 aliphatic carbocycles. The lowest BCUT2D eigenvalue weighted by atomic mass is 10.5. The van der Waals surface area contributed by atoms with E-state index in [1.807, 2.05) is 0 Å². The van der Waals surface area contributed by atoms with E-state index >= 15 is 0 Å². The number of nitrogens with zero attached hydrogens (tertiary/aromatic N) is 3. The Morgan fingerprint density at radius 3 is 2.83 bits per heavy atom. The molecule has 0 heterocycles. The first kappa shape index (κ1) is 5.31. The molecule has 6 heavy (non-hydrogen) atoms. The number of azide groups is 1. The van der Waals surface area contributed by atoms with Crippen LogP contribution in [0.2, 0.25) is 0 Å².